The maximum atomic E-state index is 12.1. The third-order valence-corrected chi connectivity index (χ3v) is 4.34. The summed E-state index contributed by atoms with van der Waals surface area (Å²) in [6.07, 6.45) is 2.33. The number of rotatable bonds is 4. The quantitative estimate of drug-likeness (QED) is 0.818. The molecule has 0 saturated carbocycles. The Morgan fingerprint density at radius 3 is 2.43 bits per heavy atom. The van der Waals surface area contributed by atoms with Crippen LogP contribution in [-0.4, -0.2) is 71.6 Å². The molecule has 2 saturated heterocycles. The summed E-state index contributed by atoms with van der Waals surface area (Å²) in [6.45, 7) is 9.11. The van der Waals surface area contributed by atoms with Crippen LogP contribution >= 0.6 is 0 Å². The summed E-state index contributed by atoms with van der Waals surface area (Å²) < 4.78 is 5.10. The molecule has 1 aromatic rings. The molecule has 0 bridgehead atoms. The molecule has 1 amide bonds. The summed E-state index contributed by atoms with van der Waals surface area (Å²) in [5.74, 6) is 1.16. The zero-order valence-corrected chi connectivity index (χ0v) is 12.8. The van der Waals surface area contributed by atoms with Gasteiger partial charge in [-0.2, -0.15) is 0 Å². The third kappa shape index (κ3) is 3.83. The number of aromatic nitrogens is 1. The third-order valence-electron chi connectivity index (χ3n) is 4.34. The van der Waals surface area contributed by atoms with Crippen molar-refractivity contribution in [2.24, 2.45) is 0 Å². The van der Waals surface area contributed by atoms with Gasteiger partial charge in [0.25, 0.3) is 0 Å². The van der Waals surface area contributed by atoms with Gasteiger partial charge in [0.05, 0.1) is 12.2 Å². The van der Waals surface area contributed by atoms with Gasteiger partial charge in [-0.25, -0.2) is 0 Å². The number of aryl methyl sites for hydroxylation is 1. The van der Waals surface area contributed by atoms with Gasteiger partial charge in [-0.05, 0) is 19.8 Å². The van der Waals surface area contributed by atoms with Gasteiger partial charge in [-0.15, -0.1) is 0 Å². The molecule has 21 heavy (non-hydrogen) atoms. The van der Waals surface area contributed by atoms with Crippen molar-refractivity contribution in [1.82, 2.24) is 19.9 Å². The van der Waals surface area contributed by atoms with Gasteiger partial charge in [0.15, 0.2) is 0 Å². The molecular formula is C15H24N4O2. The molecule has 2 fully saturated rings. The van der Waals surface area contributed by atoms with Gasteiger partial charge < -0.3 is 9.42 Å². The van der Waals surface area contributed by atoms with E-state index in [4.69, 9.17) is 4.52 Å². The van der Waals surface area contributed by atoms with Crippen LogP contribution in [0.15, 0.2) is 10.6 Å². The van der Waals surface area contributed by atoms with Crippen LogP contribution in [-0.2, 0) is 11.3 Å². The van der Waals surface area contributed by atoms with Crippen molar-refractivity contribution in [2.75, 3.05) is 45.8 Å². The second kappa shape index (κ2) is 6.58. The molecule has 0 aliphatic carbocycles. The fraction of sp³-hybridized carbons (Fsp3) is 0.733. The van der Waals surface area contributed by atoms with Crippen LogP contribution in [0.2, 0.25) is 0 Å². The van der Waals surface area contributed by atoms with Crippen molar-refractivity contribution in [1.29, 1.82) is 0 Å². The minimum Gasteiger partial charge on any atom is -0.361 e. The van der Waals surface area contributed by atoms with E-state index < -0.39 is 0 Å². The Bertz CT molecular complexity index is 474. The minimum atomic E-state index is 0.299. The zero-order chi connectivity index (χ0) is 14.7. The normalized spacial score (nSPS) is 21.1. The summed E-state index contributed by atoms with van der Waals surface area (Å²) in [5.41, 5.74) is 0.995. The Morgan fingerprint density at radius 2 is 1.81 bits per heavy atom. The SMILES string of the molecule is Cc1cc(CN2CCN(CC(=O)N3CCCC3)CC2)no1. The molecule has 2 aliphatic heterocycles. The molecule has 1 aromatic heterocycles. The molecular weight excluding hydrogens is 268 g/mol. The lowest BCUT2D eigenvalue weighted by Crippen LogP contribution is -2.49. The minimum absolute atomic E-state index is 0.299. The predicted octanol–water partition coefficient (Wildman–Crippen LogP) is 0.723. The molecule has 2 aliphatic rings. The lowest BCUT2D eigenvalue weighted by atomic mass is 10.2. The lowest BCUT2D eigenvalue weighted by molar-refractivity contribution is -0.131. The molecule has 0 atom stereocenters. The van der Waals surface area contributed by atoms with Crippen molar-refractivity contribution in [3.63, 3.8) is 0 Å². The zero-order valence-electron chi connectivity index (χ0n) is 12.8. The van der Waals surface area contributed by atoms with Crippen molar-refractivity contribution in [3.05, 3.63) is 17.5 Å². The number of likely N-dealkylation sites (tertiary alicyclic amines) is 1. The molecule has 0 aromatic carbocycles. The first kappa shape index (κ1) is 14.5. The van der Waals surface area contributed by atoms with E-state index in [1.54, 1.807) is 0 Å². The van der Waals surface area contributed by atoms with Crippen LogP contribution in [0.25, 0.3) is 0 Å². The van der Waals surface area contributed by atoms with E-state index in [2.05, 4.69) is 15.0 Å². The Hall–Kier alpha value is -1.40. The van der Waals surface area contributed by atoms with Gasteiger partial charge in [-0.1, -0.05) is 5.16 Å². The number of carbonyl (C=O) groups is 1. The monoisotopic (exact) mass is 292 g/mol. The summed E-state index contributed by atoms with van der Waals surface area (Å²) >= 11 is 0. The van der Waals surface area contributed by atoms with Gasteiger partial charge in [0, 0.05) is 51.9 Å². The van der Waals surface area contributed by atoms with Crippen LogP contribution in [0.1, 0.15) is 24.3 Å². The summed E-state index contributed by atoms with van der Waals surface area (Å²) in [6, 6.07) is 1.99. The Morgan fingerprint density at radius 1 is 1.14 bits per heavy atom. The van der Waals surface area contributed by atoms with E-state index in [1.807, 2.05) is 17.9 Å². The Labute approximate surface area is 125 Å². The van der Waals surface area contributed by atoms with E-state index in [1.165, 1.54) is 0 Å². The Balaban J connectivity index is 1.41. The van der Waals surface area contributed by atoms with E-state index >= 15 is 0 Å². The largest absolute Gasteiger partial charge is 0.361 e. The lowest BCUT2D eigenvalue weighted by Gasteiger charge is -2.34. The molecule has 3 rings (SSSR count). The van der Waals surface area contributed by atoms with E-state index in [0.717, 1.165) is 70.1 Å². The maximum Gasteiger partial charge on any atom is 0.236 e. The number of piperazine rings is 1. The number of hydrogen-bond acceptors (Lipinski definition) is 5. The highest BCUT2D eigenvalue weighted by Gasteiger charge is 2.23. The molecule has 6 heteroatoms. The molecule has 6 nitrogen and oxygen atoms in total. The van der Waals surface area contributed by atoms with Gasteiger partial charge in [0.2, 0.25) is 5.91 Å². The first-order valence-corrected chi connectivity index (χ1v) is 7.85. The second-order valence-electron chi connectivity index (χ2n) is 6.07. The van der Waals surface area contributed by atoms with Crippen LogP contribution in [0.4, 0.5) is 0 Å². The van der Waals surface area contributed by atoms with Gasteiger partial charge in [-0.3, -0.25) is 14.6 Å². The summed E-state index contributed by atoms with van der Waals surface area (Å²) in [4.78, 5) is 18.8. The summed E-state index contributed by atoms with van der Waals surface area (Å²) in [5, 5.41) is 4.04. The molecule has 0 spiro atoms. The van der Waals surface area contributed by atoms with Crippen molar-refractivity contribution >= 4 is 5.91 Å². The average molecular weight is 292 g/mol. The average Bonchev–Trinajstić information content (AvgIpc) is 3.13. The number of nitrogens with zero attached hydrogens (tertiary/aromatic N) is 4. The molecule has 0 radical (unpaired) electrons. The van der Waals surface area contributed by atoms with E-state index in [0.29, 0.717) is 12.5 Å². The fourth-order valence-corrected chi connectivity index (χ4v) is 3.08. The van der Waals surface area contributed by atoms with Crippen LogP contribution < -0.4 is 0 Å². The van der Waals surface area contributed by atoms with Gasteiger partial charge in [0.1, 0.15) is 5.76 Å². The van der Waals surface area contributed by atoms with Crippen molar-refractivity contribution in [3.8, 4) is 0 Å². The standard InChI is InChI=1S/C15H24N4O2/c1-13-10-14(16-21-13)11-17-6-8-18(9-7-17)12-15(20)19-4-2-3-5-19/h10H,2-9,11-12H2,1H3. The first-order valence-electron chi connectivity index (χ1n) is 7.85. The number of hydrogen-bond donors (Lipinski definition) is 0. The number of amides is 1. The molecule has 0 N–H and O–H groups in total. The van der Waals surface area contributed by atoms with Crippen molar-refractivity contribution < 1.29 is 9.32 Å². The summed E-state index contributed by atoms with van der Waals surface area (Å²) in [7, 11) is 0. The maximum absolute atomic E-state index is 12.1. The molecule has 0 unspecified atom stereocenters. The van der Waals surface area contributed by atoms with Gasteiger partial charge >= 0.3 is 0 Å². The van der Waals surface area contributed by atoms with Crippen LogP contribution in [0.3, 0.4) is 0 Å². The topological polar surface area (TPSA) is 52.8 Å². The molecule has 116 valence electrons. The highest BCUT2D eigenvalue weighted by Crippen LogP contribution is 2.11. The highest BCUT2D eigenvalue weighted by molar-refractivity contribution is 5.78. The predicted molar refractivity (Wildman–Crippen MR) is 78.8 cm³/mol. The number of carbonyl (C=O) groups excluding carboxylic acids is 1. The van der Waals surface area contributed by atoms with E-state index in [9.17, 15) is 4.79 Å². The highest BCUT2D eigenvalue weighted by atomic mass is 16.5. The smallest absolute Gasteiger partial charge is 0.236 e. The second-order valence-corrected chi connectivity index (χ2v) is 6.07. The fourth-order valence-electron chi connectivity index (χ4n) is 3.08. The van der Waals surface area contributed by atoms with Crippen LogP contribution in [0, 0.1) is 6.92 Å². The van der Waals surface area contributed by atoms with E-state index in [-0.39, 0.29) is 0 Å². The molecule has 3 heterocycles. The van der Waals surface area contributed by atoms with Crippen LogP contribution in [0.5, 0.6) is 0 Å². The van der Waals surface area contributed by atoms with Crippen molar-refractivity contribution in [2.45, 2.75) is 26.3 Å². The first-order chi connectivity index (χ1) is 10.2. The Kier molecular flexibility index (Phi) is 4.55.